The van der Waals surface area contributed by atoms with Crippen LogP contribution in [0.2, 0.25) is 0 Å². The molecule has 0 bridgehead atoms. The highest BCUT2D eigenvalue weighted by Gasteiger charge is 2.25. The highest BCUT2D eigenvalue weighted by atomic mass is 35.5. The van der Waals surface area contributed by atoms with Gasteiger partial charge in [0.05, 0.1) is 12.2 Å². The fraction of sp³-hybridized carbons (Fsp3) is 0.500. The molecule has 0 aromatic heterocycles. The second-order valence-corrected chi connectivity index (χ2v) is 7.09. The molecule has 1 aromatic carbocycles. The van der Waals surface area contributed by atoms with Gasteiger partial charge in [0.2, 0.25) is 0 Å². The average Bonchev–Trinajstić information content (AvgIpc) is 2.68. The van der Waals surface area contributed by atoms with Gasteiger partial charge < -0.3 is 10.6 Å². The minimum Gasteiger partial charge on any atom is -0.341 e. The fourth-order valence-electron chi connectivity index (χ4n) is 2.66. The molecular formula is C14H21ClN4O2S. The summed E-state index contributed by atoms with van der Waals surface area (Å²) in [6.45, 7) is 6.20. The maximum absolute atomic E-state index is 12.3. The van der Waals surface area contributed by atoms with E-state index in [1.807, 2.05) is 13.0 Å². The van der Waals surface area contributed by atoms with E-state index in [1.54, 1.807) is 12.1 Å². The van der Waals surface area contributed by atoms with Gasteiger partial charge in [-0.3, -0.25) is 4.90 Å². The lowest BCUT2D eigenvalue weighted by Crippen LogP contribution is -2.37. The zero-order valence-corrected chi connectivity index (χ0v) is 14.1. The highest BCUT2D eigenvalue weighted by Crippen LogP contribution is 2.28. The first-order valence-electron chi connectivity index (χ1n) is 7.19. The molecule has 3 rings (SSSR count). The van der Waals surface area contributed by atoms with Crippen molar-refractivity contribution in [3.63, 3.8) is 0 Å². The monoisotopic (exact) mass is 344 g/mol. The molecule has 1 aromatic rings. The molecule has 2 heterocycles. The van der Waals surface area contributed by atoms with Gasteiger partial charge in [0.15, 0.2) is 0 Å². The number of aryl methyl sites for hydroxylation is 1. The van der Waals surface area contributed by atoms with Crippen molar-refractivity contribution >= 4 is 34.0 Å². The van der Waals surface area contributed by atoms with Crippen LogP contribution in [0.4, 0.5) is 5.69 Å². The van der Waals surface area contributed by atoms with Gasteiger partial charge in [-0.25, -0.2) is 0 Å². The van der Waals surface area contributed by atoms with Crippen LogP contribution >= 0.6 is 12.4 Å². The van der Waals surface area contributed by atoms with Crippen molar-refractivity contribution in [3.05, 3.63) is 23.8 Å². The van der Waals surface area contributed by atoms with Gasteiger partial charge in [-0.2, -0.15) is 8.42 Å². The SMILES string of the molecule is Cc1ccc2c(c1)S(=O)(=O)N=C(CN1CCCNCC1)N2.Cl. The quantitative estimate of drug-likeness (QED) is 0.844. The van der Waals surface area contributed by atoms with Gasteiger partial charge in [-0.05, 0) is 44.1 Å². The summed E-state index contributed by atoms with van der Waals surface area (Å²) < 4.78 is 28.5. The molecule has 0 radical (unpaired) electrons. The van der Waals surface area contributed by atoms with Crippen molar-refractivity contribution < 1.29 is 8.42 Å². The van der Waals surface area contributed by atoms with Crippen LogP contribution in [0, 0.1) is 6.92 Å². The largest absolute Gasteiger partial charge is 0.341 e. The van der Waals surface area contributed by atoms with Crippen LogP contribution in [0.3, 0.4) is 0 Å². The summed E-state index contributed by atoms with van der Waals surface area (Å²) >= 11 is 0. The Morgan fingerprint density at radius 1 is 1.27 bits per heavy atom. The zero-order valence-electron chi connectivity index (χ0n) is 12.5. The molecular weight excluding hydrogens is 324 g/mol. The van der Waals surface area contributed by atoms with Crippen LogP contribution in [0.15, 0.2) is 27.5 Å². The molecule has 122 valence electrons. The lowest BCUT2D eigenvalue weighted by atomic mass is 10.2. The summed E-state index contributed by atoms with van der Waals surface area (Å²) in [5.74, 6) is 0.508. The molecule has 1 saturated heterocycles. The van der Waals surface area contributed by atoms with Crippen molar-refractivity contribution in [3.8, 4) is 0 Å². The minimum absolute atomic E-state index is 0. The van der Waals surface area contributed by atoms with E-state index in [0.717, 1.165) is 38.2 Å². The third-order valence-electron chi connectivity index (χ3n) is 3.73. The molecule has 22 heavy (non-hydrogen) atoms. The van der Waals surface area contributed by atoms with Crippen LogP contribution < -0.4 is 10.6 Å². The topological polar surface area (TPSA) is 73.8 Å². The summed E-state index contributed by atoms with van der Waals surface area (Å²) in [5, 5.41) is 6.49. The van der Waals surface area contributed by atoms with E-state index < -0.39 is 10.0 Å². The number of rotatable bonds is 2. The summed E-state index contributed by atoms with van der Waals surface area (Å²) in [6, 6.07) is 5.37. The molecule has 2 aliphatic heterocycles. The van der Waals surface area contributed by atoms with E-state index >= 15 is 0 Å². The van der Waals surface area contributed by atoms with E-state index in [9.17, 15) is 8.42 Å². The van der Waals surface area contributed by atoms with Gasteiger partial charge in [0, 0.05) is 13.1 Å². The third kappa shape index (κ3) is 3.78. The number of nitrogens with one attached hydrogen (secondary N) is 2. The second kappa shape index (κ2) is 6.95. The van der Waals surface area contributed by atoms with Crippen molar-refractivity contribution in [2.24, 2.45) is 4.40 Å². The summed E-state index contributed by atoms with van der Waals surface area (Å²) in [5.41, 5.74) is 1.54. The standard InChI is InChI=1S/C14H20N4O2S.ClH/c1-11-3-4-12-13(9-11)21(19,20)17-14(16-12)10-18-7-2-5-15-6-8-18;/h3-4,9,15H,2,5-8,10H2,1H3,(H,16,17);1H. The zero-order chi connectivity index (χ0) is 14.9. The van der Waals surface area contributed by atoms with E-state index in [0.29, 0.717) is 18.1 Å². The number of benzene rings is 1. The predicted octanol–water partition coefficient (Wildman–Crippen LogP) is 1.22. The average molecular weight is 345 g/mol. The van der Waals surface area contributed by atoms with E-state index in [2.05, 4.69) is 19.9 Å². The van der Waals surface area contributed by atoms with Gasteiger partial charge in [0.1, 0.15) is 10.7 Å². The predicted molar refractivity (Wildman–Crippen MR) is 90.6 cm³/mol. The molecule has 6 nitrogen and oxygen atoms in total. The molecule has 0 aliphatic carbocycles. The molecule has 0 atom stereocenters. The molecule has 0 amide bonds. The van der Waals surface area contributed by atoms with E-state index in [-0.39, 0.29) is 17.3 Å². The number of sulfonamides is 1. The Hall–Kier alpha value is -1.15. The Bertz CT molecular complexity index is 667. The smallest absolute Gasteiger partial charge is 0.286 e. The molecule has 0 spiro atoms. The maximum Gasteiger partial charge on any atom is 0.286 e. The fourth-order valence-corrected chi connectivity index (χ4v) is 3.88. The maximum atomic E-state index is 12.3. The molecule has 8 heteroatoms. The number of amidine groups is 1. The van der Waals surface area contributed by atoms with Gasteiger partial charge in [-0.1, -0.05) is 6.07 Å². The van der Waals surface area contributed by atoms with Crippen molar-refractivity contribution in [1.29, 1.82) is 0 Å². The summed E-state index contributed by atoms with van der Waals surface area (Å²) in [4.78, 5) is 2.49. The highest BCUT2D eigenvalue weighted by molar-refractivity contribution is 7.90. The summed E-state index contributed by atoms with van der Waals surface area (Å²) in [7, 11) is -3.59. The molecule has 0 unspecified atom stereocenters. The van der Waals surface area contributed by atoms with Crippen LogP contribution in [-0.2, 0) is 10.0 Å². The lowest BCUT2D eigenvalue weighted by molar-refractivity contribution is 0.333. The van der Waals surface area contributed by atoms with Crippen molar-refractivity contribution in [2.45, 2.75) is 18.2 Å². The van der Waals surface area contributed by atoms with Gasteiger partial charge in [-0.15, -0.1) is 16.8 Å². The van der Waals surface area contributed by atoms with Crippen LogP contribution in [0.25, 0.3) is 0 Å². The first-order valence-corrected chi connectivity index (χ1v) is 8.63. The summed E-state index contributed by atoms with van der Waals surface area (Å²) in [6.07, 6.45) is 1.07. The van der Waals surface area contributed by atoms with Gasteiger partial charge >= 0.3 is 0 Å². The first kappa shape index (κ1) is 17.2. The number of hydrogen-bond donors (Lipinski definition) is 2. The number of halogens is 1. The molecule has 0 saturated carbocycles. The molecule has 2 aliphatic rings. The van der Waals surface area contributed by atoms with Crippen molar-refractivity contribution in [1.82, 2.24) is 10.2 Å². The van der Waals surface area contributed by atoms with E-state index in [1.165, 1.54) is 0 Å². The first-order chi connectivity index (χ1) is 10.0. The third-order valence-corrected chi connectivity index (χ3v) is 5.08. The molecule has 1 fully saturated rings. The minimum atomic E-state index is -3.59. The second-order valence-electron chi connectivity index (χ2n) is 5.52. The Morgan fingerprint density at radius 2 is 2.09 bits per heavy atom. The Labute approximate surface area is 137 Å². The van der Waals surface area contributed by atoms with Crippen molar-refractivity contribution in [2.75, 3.05) is 38.0 Å². The number of fused-ring (bicyclic) bond motifs is 1. The Morgan fingerprint density at radius 3 is 2.91 bits per heavy atom. The number of nitrogens with zero attached hydrogens (tertiary/aromatic N) is 2. The van der Waals surface area contributed by atoms with E-state index in [4.69, 9.17) is 0 Å². The number of anilines is 1. The normalized spacial score (nSPS) is 20.9. The Kier molecular flexibility index (Phi) is 5.44. The molecule has 2 N–H and O–H groups in total. The van der Waals surface area contributed by atoms with Crippen LogP contribution in [-0.4, -0.2) is 51.9 Å². The van der Waals surface area contributed by atoms with Crippen LogP contribution in [0.5, 0.6) is 0 Å². The number of hydrogen-bond acceptors (Lipinski definition) is 5. The Balaban J connectivity index is 0.00000176. The van der Waals surface area contributed by atoms with Gasteiger partial charge in [0.25, 0.3) is 10.0 Å². The lowest BCUT2D eigenvalue weighted by Gasteiger charge is -2.24. The van der Waals surface area contributed by atoms with Crippen LogP contribution in [0.1, 0.15) is 12.0 Å².